The summed E-state index contributed by atoms with van der Waals surface area (Å²) < 4.78 is 78.2. The minimum absolute atomic E-state index is 0.00890. The number of hydrogen-bond acceptors (Lipinski definition) is 7. The lowest BCUT2D eigenvalue weighted by Gasteiger charge is -2.29. The third-order valence-corrected chi connectivity index (χ3v) is 10.2. The minimum Gasteiger partial charge on any atom is -0.495 e. The van der Waals surface area contributed by atoms with Crippen LogP contribution in [0.15, 0.2) is 71.6 Å². The lowest BCUT2D eigenvalue weighted by atomic mass is 9.93. The lowest BCUT2D eigenvalue weighted by Crippen LogP contribution is -2.32. The van der Waals surface area contributed by atoms with Crippen molar-refractivity contribution in [1.29, 1.82) is 0 Å². The van der Waals surface area contributed by atoms with Crippen LogP contribution < -0.4 is 10.1 Å². The molecule has 0 aromatic heterocycles. The number of methoxy groups -OCH3 is 1. The van der Waals surface area contributed by atoms with Crippen molar-refractivity contribution in [3.05, 3.63) is 94.0 Å². The summed E-state index contributed by atoms with van der Waals surface area (Å²) in [4.78, 5) is 0.00890. The van der Waals surface area contributed by atoms with Gasteiger partial charge in [-0.1, -0.05) is 66.6 Å². The van der Waals surface area contributed by atoms with Gasteiger partial charge in [0.15, 0.2) is 0 Å². The van der Waals surface area contributed by atoms with E-state index in [0.29, 0.717) is 5.56 Å². The standard InChI is InChI=1S/C27H30ClF2N2O6PS/c1-36-26-11-4-5-12-27(26)40(34,35)32(18-21-8-2-3-9-23(21)25-10-6-7-15-31-25)17-20-13-14-22(24(28)16-20)19-39(33,37-29)38-30/h2-5,8-9,11-14,16,25,31H,6-7,10,15,17-19H2,1H3. The number of hydrogen-bond donors (Lipinski definition) is 1. The Labute approximate surface area is 237 Å². The van der Waals surface area contributed by atoms with Gasteiger partial charge in [0.25, 0.3) is 0 Å². The highest BCUT2D eigenvalue weighted by atomic mass is 35.5. The molecule has 1 N–H and O–H groups in total. The Hall–Kier alpha value is -2.37. The van der Waals surface area contributed by atoms with Crippen LogP contribution in [0.3, 0.4) is 0 Å². The second-order valence-electron chi connectivity index (χ2n) is 9.46. The van der Waals surface area contributed by atoms with Crippen LogP contribution in [0, 0.1) is 0 Å². The molecule has 1 heterocycles. The molecule has 1 aliphatic heterocycles. The maximum atomic E-state index is 14.1. The molecule has 4 rings (SSSR count). The molecule has 1 atom stereocenters. The lowest BCUT2D eigenvalue weighted by molar-refractivity contribution is -0.0881. The van der Waals surface area contributed by atoms with Gasteiger partial charge >= 0.3 is 7.60 Å². The molecule has 0 bridgehead atoms. The Kier molecular flexibility index (Phi) is 10.3. The summed E-state index contributed by atoms with van der Waals surface area (Å²) in [6.07, 6.45) is 2.37. The van der Waals surface area contributed by atoms with E-state index < -0.39 is 23.8 Å². The van der Waals surface area contributed by atoms with Gasteiger partial charge < -0.3 is 10.1 Å². The van der Waals surface area contributed by atoms with Crippen LogP contribution in [-0.4, -0.2) is 26.4 Å². The predicted octanol–water partition coefficient (Wildman–Crippen LogP) is 7.05. The molecule has 0 spiro atoms. The summed E-state index contributed by atoms with van der Waals surface area (Å²) in [6, 6.07) is 18.6. The second kappa shape index (κ2) is 13.5. The molecule has 1 fully saturated rings. The minimum atomic E-state index is -4.66. The van der Waals surface area contributed by atoms with E-state index in [1.54, 1.807) is 24.3 Å². The number of para-hydroxylation sites is 1. The summed E-state index contributed by atoms with van der Waals surface area (Å²) in [6.45, 7) is 0.874. The summed E-state index contributed by atoms with van der Waals surface area (Å²) in [7, 11) is -7.34. The molecule has 0 saturated carbocycles. The summed E-state index contributed by atoms with van der Waals surface area (Å²) in [5.74, 6) is 0.205. The molecule has 40 heavy (non-hydrogen) atoms. The molecule has 216 valence electrons. The van der Waals surface area contributed by atoms with Gasteiger partial charge in [-0.3, -0.25) is 4.57 Å². The molecule has 0 radical (unpaired) electrons. The van der Waals surface area contributed by atoms with E-state index in [9.17, 15) is 22.0 Å². The molecule has 0 aliphatic carbocycles. The first-order valence-corrected chi connectivity index (χ1v) is 16.2. The fourth-order valence-electron chi connectivity index (χ4n) is 4.81. The smallest absolute Gasteiger partial charge is 0.399 e. The van der Waals surface area contributed by atoms with Gasteiger partial charge in [-0.05, 0) is 68.9 Å². The van der Waals surface area contributed by atoms with Gasteiger partial charge in [-0.25, -0.2) is 8.42 Å². The maximum Gasteiger partial charge on any atom is 0.399 e. The Balaban J connectivity index is 1.71. The highest BCUT2D eigenvalue weighted by molar-refractivity contribution is 7.89. The Morgan fingerprint density at radius 2 is 1.73 bits per heavy atom. The van der Waals surface area contributed by atoms with Gasteiger partial charge in [0.2, 0.25) is 10.0 Å². The number of ether oxygens (including phenoxy) is 1. The predicted molar refractivity (Wildman–Crippen MR) is 148 cm³/mol. The zero-order chi connectivity index (χ0) is 28.8. The largest absolute Gasteiger partial charge is 0.495 e. The van der Waals surface area contributed by atoms with Crippen molar-refractivity contribution in [3.63, 3.8) is 0 Å². The zero-order valence-electron chi connectivity index (χ0n) is 21.8. The Morgan fingerprint density at radius 3 is 2.40 bits per heavy atom. The molecule has 1 unspecified atom stereocenters. The first-order chi connectivity index (χ1) is 19.2. The summed E-state index contributed by atoms with van der Waals surface area (Å²) in [5, 5.41) is 3.55. The second-order valence-corrected chi connectivity index (χ2v) is 13.6. The Morgan fingerprint density at radius 1 is 1.00 bits per heavy atom. The molecule has 13 heteroatoms. The summed E-state index contributed by atoms with van der Waals surface area (Å²) >= 11 is 6.33. The molecule has 3 aromatic carbocycles. The molecule has 8 nitrogen and oxygen atoms in total. The van der Waals surface area contributed by atoms with Gasteiger partial charge in [-0.15, -0.1) is 9.46 Å². The molecule has 0 amide bonds. The van der Waals surface area contributed by atoms with E-state index in [-0.39, 0.29) is 40.4 Å². The number of nitrogens with zero attached hydrogens (tertiary/aromatic N) is 1. The van der Waals surface area contributed by atoms with Crippen LogP contribution in [0.25, 0.3) is 0 Å². The van der Waals surface area contributed by atoms with Crippen molar-refractivity contribution >= 4 is 29.2 Å². The van der Waals surface area contributed by atoms with E-state index in [4.69, 9.17) is 16.3 Å². The normalized spacial score (nSPS) is 16.3. The van der Waals surface area contributed by atoms with Crippen molar-refractivity contribution in [2.24, 2.45) is 0 Å². The van der Waals surface area contributed by atoms with Gasteiger partial charge in [-0.2, -0.15) is 4.31 Å². The molecular formula is C27H30ClF2N2O6PS. The van der Waals surface area contributed by atoms with Crippen molar-refractivity contribution in [3.8, 4) is 5.75 Å². The van der Waals surface area contributed by atoms with E-state index >= 15 is 0 Å². The number of piperidine rings is 1. The third kappa shape index (κ3) is 7.09. The number of benzene rings is 3. The molecular weight excluding hydrogens is 585 g/mol. The van der Waals surface area contributed by atoms with E-state index in [1.165, 1.54) is 29.6 Å². The van der Waals surface area contributed by atoms with Crippen molar-refractivity contribution < 1.29 is 36.2 Å². The topological polar surface area (TPSA) is 94.2 Å². The van der Waals surface area contributed by atoms with Crippen LogP contribution in [0.4, 0.5) is 9.05 Å². The van der Waals surface area contributed by atoms with Gasteiger partial charge in [0, 0.05) is 24.2 Å². The van der Waals surface area contributed by atoms with Gasteiger partial charge in [0.1, 0.15) is 10.6 Å². The van der Waals surface area contributed by atoms with E-state index in [1.807, 2.05) is 24.3 Å². The number of halogens is 3. The number of rotatable bonds is 12. The average Bonchev–Trinajstić information content (AvgIpc) is 2.98. The quantitative estimate of drug-likeness (QED) is 0.219. The average molecular weight is 615 g/mol. The molecule has 3 aromatic rings. The zero-order valence-corrected chi connectivity index (χ0v) is 24.2. The van der Waals surface area contributed by atoms with E-state index in [2.05, 4.69) is 14.8 Å². The monoisotopic (exact) mass is 614 g/mol. The fraction of sp³-hybridized carbons (Fsp3) is 0.333. The van der Waals surface area contributed by atoms with Crippen molar-refractivity contribution in [2.75, 3.05) is 13.7 Å². The first-order valence-electron chi connectivity index (χ1n) is 12.6. The highest BCUT2D eigenvalue weighted by Crippen LogP contribution is 2.53. The van der Waals surface area contributed by atoms with Crippen LogP contribution in [0.2, 0.25) is 5.02 Å². The number of sulfonamides is 1. The third-order valence-electron chi connectivity index (χ3n) is 6.83. The fourth-order valence-corrected chi connectivity index (χ4v) is 7.55. The van der Waals surface area contributed by atoms with Crippen molar-refractivity contribution in [2.45, 2.75) is 49.5 Å². The van der Waals surface area contributed by atoms with Gasteiger partial charge in [0.05, 0.1) is 13.3 Å². The first kappa shape index (κ1) is 30.6. The summed E-state index contributed by atoms with van der Waals surface area (Å²) in [5.41, 5.74) is 2.49. The Bertz CT molecular complexity index is 1460. The van der Waals surface area contributed by atoms with Crippen LogP contribution in [0.1, 0.15) is 47.6 Å². The molecule has 1 saturated heterocycles. The van der Waals surface area contributed by atoms with Crippen LogP contribution in [0.5, 0.6) is 5.75 Å². The van der Waals surface area contributed by atoms with E-state index in [0.717, 1.165) is 36.9 Å². The van der Waals surface area contributed by atoms with Crippen molar-refractivity contribution in [1.82, 2.24) is 9.62 Å². The number of nitrogens with one attached hydrogen (secondary N) is 1. The molecule has 1 aliphatic rings. The SMILES string of the molecule is COc1ccccc1S(=O)(=O)N(Cc1ccc(CP(=O)(OF)OF)c(Cl)c1)Cc1ccccc1C1CCCCN1. The maximum absolute atomic E-state index is 14.1. The van der Waals surface area contributed by atoms with Crippen LogP contribution in [-0.2, 0) is 43.3 Å². The highest BCUT2D eigenvalue weighted by Gasteiger charge is 2.31. The van der Waals surface area contributed by atoms with Crippen LogP contribution >= 0.6 is 19.2 Å².